The maximum absolute atomic E-state index is 16.1. The van der Waals surface area contributed by atoms with E-state index in [1.807, 2.05) is 13.8 Å². The normalized spacial score (nSPS) is 24.0. The molecule has 3 fully saturated rings. The number of likely N-dealkylation sites (N-methyl/N-ethyl adjacent to an activating group) is 3. The number of hydrogen-bond acceptors (Lipinski definition) is 23. The van der Waals surface area contributed by atoms with E-state index in [0.29, 0.717) is 77.0 Å². The van der Waals surface area contributed by atoms with E-state index in [0.717, 1.165) is 82.7 Å². The summed E-state index contributed by atoms with van der Waals surface area (Å²) in [7, 11) is 4.01. The van der Waals surface area contributed by atoms with Gasteiger partial charge in [0.2, 0.25) is 94.5 Å². The molecule has 16 amide bonds. The van der Waals surface area contributed by atoms with Gasteiger partial charge < -0.3 is 125 Å². The molecule has 0 bridgehead atoms. The van der Waals surface area contributed by atoms with Crippen LogP contribution in [-0.4, -0.2) is 317 Å². The van der Waals surface area contributed by atoms with Crippen LogP contribution < -0.4 is 70.4 Å². The number of aliphatic hydroxyl groups excluding tert-OH is 1. The zero-order chi connectivity index (χ0) is 106. The Morgan fingerprint density at radius 3 is 1.68 bits per heavy atom. The van der Waals surface area contributed by atoms with Crippen molar-refractivity contribution >= 4 is 140 Å². The number of unbranched alkanes of at least 4 members (excludes halogenated alkanes) is 11. The molecular weight excluding hydrogens is 1890 g/mol. The van der Waals surface area contributed by atoms with Gasteiger partial charge in [-0.3, -0.25) is 86.3 Å². The monoisotopic (exact) mass is 2040 g/mol. The summed E-state index contributed by atoms with van der Waals surface area (Å²) in [4.78, 5) is 272. The lowest BCUT2D eigenvalue weighted by atomic mass is 9.99. The number of nitrogens with zero attached hydrogens (tertiary/aromatic N) is 6. The smallest absolute Gasteiger partial charge is 0.323 e. The number of carboxylic acid groups (broad SMARTS) is 2. The zero-order valence-corrected chi connectivity index (χ0v) is 85.9. The molecule has 0 radical (unpaired) electrons. The van der Waals surface area contributed by atoms with Gasteiger partial charge in [0.05, 0.1) is 18.3 Å². The van der Waals surface area contributed by atoms with Crippen LogP contribution in [0.5, 0.6) is 5.75 Å². The number of nitrogens with one attached hydrogen (secondary N) is 11. The minimum Gasteiger partial charge on any atom is -0.508 e. The highest BCUT2D eigenvalue weighted by Crippen LogP contribution is 2.30. The molecule has 8 rings (SSSR count). The molecule has 145 heavy (non-hydrogen) atoms. The van der Waals surface area contributed by atoms with Gasteiger partial charge in [-0.05, 0) is 124 Å². The molecule has 5 heterocycles. The van der Waals surface area contributed by atoms with Gasteiger partial charge in [-0.1, -0.05) is 167 Å². The number of carbonyl (C=O) groups excluding carboxylic acids is 16. The molecule has 0 unspecified atom stereocenters. The molecule has 0 saturated carbocycles. The first-order valence-electron chi connectivity index (χ1n) is 50.8. The van der Waals surface area contributed by atoms with Gasteiger partial charge in [0, 0.05) is 119 Å². The third-order valence-electron chi connectivity index (χ3n) is 26.8. The van der Waals surface area contributed by atoms with Crippen molar-refractivity contribution in [2.24, 2.45) is 29.0 Å². The number of hydrogen-bond donors (Lipinski definition) is 18. The minimum atomic E-state index is -1.76. The van der Waals surface area contributed by atoms with Crippen LogP contribution in [0.2, 0.25) is 0 Å². The summed E-state index contributed by atoms with van der Waals surface area (Å²) in [5, 5.41) is 69.7. The number of aromatic amines is 1. The lowest BCUT2D eigenvalue weighted by Gasteiger charge is -2.36. The highest BCUT2D eigenvalue weighted by molar-refractivity contribution is 8.00. The van der Waals surface area contributed by atoms with Gasteiger partial charge in [-0.2, -0.15) is 0 Å². The molecule has 42 nitrogen and oxygen atoms in total. The summed E-state index contributed by atoms with van der Waals surface area (Å²) in [6.45, 7) is 10.4. The largest absolute Gasteiger partial charge is 0.508 e. The second kappa shape index (κ2) is 58.4. The average Bonchev–Trinajstić information content (AvgIpc) is 1.69. The Balaban J connectivity index is 1.19. The van der Waals surface area contributed by atoms with Crippen LogP contribution in [0.25, 0.3) is 21.8 Å². The average molecular weight is 2040 g/mol. The van der Waals surface area contributed by atoms with Crippen molar-refractivity contribution in [1.29, 1.82) is 0 Å². The number of aromatic nitrogens is 2. The fraction of sp³-hybridized carbons (Fsp3) is 0.608. The standard InChI is InChI=1S/C102H152N20O22S/c1-11-13-33-81-95(137)110-72(46-60(3)4)92(134)116-79(90(132)106-44-28-22-20-18-16-15-17-19-21-23-37-87(127)128)58-145-59-86(126)108-75(48-63-38-40-66(123)41-39-63)98(140)117(8)62(7)89(131)112-77(52-85(105)125)100(142)121-45-29-36-82(121)96(138)115-78(53-104)94(136)113-74(47-61(5)6)101(143)122-56-67(124)51-84(122)97(139)111-73(49-64-54-107-70-32-26-24-30-68(64)70)93(135)109-71(42-43-103)91(133)114-76(99(141)119(10)83(34-14-12-2)102(144)118(81)9)50-65-55-120(57-88(129)130)80-35-27-25-31-69(65)80/h24-27,30-32,35,38-41,54-55,60-62,67,71-79,81-84,107,123-124H,11-23,28-29,33-34,36-37,42-53,56-59,103-104H2,1-10H3,(H2,105,125)(H,106,132)(H,108,126)(H,109,135)(H,110,137)(H,111,139)(H,112,131)(H,113,136)(H,114,133)(H,115,138)(H,116,134)(H,127,128)(H,129,130)/t62-,67-,71-,72-,73-,74-,75-,76-,77-,78-,79-,81-,82+,83-,84-/m0/s1. The lowest BCUT2D eigenvalue weighted by molar-refractivity contribution is -0.149. The summed E-state index contributed by atoms with van der Waals surface area (Å²) in [6, 6.07) is -1.54. The Morgan fingerprint density at radius 2 is 1.04 bits per heavy atom. The van der Waals surface area contributed by atoms with E-state index in [1.54, 1.807) is 82.4 Å². The Morgan fingerprint density at radius 1 is 0.510 bits per heavy atom. The molecule has 21 N–H and O–H groups in total. The molecule has 15 atom stereocenters. The van der Waals surface area contributed by atoms with Crippen molar-refractivity contribution in [1.82, 2.24) is 87.2 Å². The summed E-state index contributed by atoms with van der Waals surface area (Å²) < 4.78 is 1.46. The number of para-hydroxylation sites is 2. The van der Waals surface area contributed by atoms with Crippen molar-refractivity contribution < 1.29 is 107 Å². The van der Waals surface area contributed by atoms with E-state index in [2.05, 4.69) is 58.2 Å². The molecule has 43 heteroatoms. The topological polar surface area (TPSA) is 623 Å². The number of phenols is 1. The van der Waals surface area contributed by atoms with Crippen LogP contribution in [-0.2, 0) is 112 Å². The van der Waals surface area contributed by atoms with Crippen LogP contribution in [0.4, 0.5) is 0 Å². The SMILES string of the molecule is CCCC[C@H]1C(=O)N(C)[C@@H](CCCC)C(=O)N[C@@H](CC(C)C)C(=O)N[C@H](C(=O)NCCCCCCCCCCCCC(=O)O)CSCC(=O)N[C@@H](Cc2ccc(O)cc2)C(=O)N(C)[C@@H](C)C(=O)N[C@@H](CC(N)=O)C(=O)N2CCC[C@@H]2C(=O)N[C@@H](CN)C(=O)N[C@@H](CC(C)C)C(=O)N2C[C@@H](O)C[C@H]2C(=O)N[C@@H](Cc2c[nH]c3ccccc23)C(=O)N[C@@H](CCN)C(=O)N[C@@H](Cc2cn(CC(=O)O)c3ccccc23)C(=O)N1C. The number of primary amides is 1. The predicted octanol–water partition coefficient (Wildman–Crippen LogP) is 2.65. The number of H-pyrrole nitrogens is 1. The Kier molecular flexibility index (Phi) is 47.3. The highest BCUT2D eigenvalue weighted by atomic mass is 32.2. The number of aliphatic carboxylic acids is 2. The molecule has 3 aliphatic rings. The fourth-order valence-electron chi connectivity index (χ4n) is 18.7. The van der Waals surface area contributed by atoms with Gasteiger partial charge in [0.25, 0.3) is 0 Å². The predicted molar refractivity (Wildman–Crippen MR) is 544 cm³/mol. The minimum absolute atomic E-state index is 0.00200. The summed E-state index contributed by atoms with van der Waals surface area (Å²) >= 11 is 0.903. The molecule has 3 aliphatic heterocycles. The van der Waals surface area contributed by atoms with E-state index < -0.39 is 229 Å². The molecule has 5 aromatic rings. The van der Waals surface area contributed by atoms with E-state index in [4.69, 9.17) is 22.3 Å². The molecule has 2 aromatic heterocycles. The van der Waals surface area contributed by atoms with Crippen molar-refractivity contribution in [2.75, 3.05) is 65.4 Å². The number of phenolic OH excluding ortho intramolecular Hbond substituents is 1. The number of carboxylic acids is 2. The molecular formula is C102H152N20O22S. The van der Waals surface area contributed by atoms with Crippen molar-refractivity contribution in [2.45, 2.75) is 319 Å². The van der Waals surface area contributed by atoms with Gasteiger partial charge in [-0.15, -0.1) is 11.8 Å². The zero-order valence-electron chi connectivity index (χ0n) is 85.1. The Hall–Kier alpha value is -12.8. The maximum Gasteiger partial charge on any atom is 0.323 e. The second-order valence-corrected chi connectivity index (χ2v) is 40.1. The number of carbonyl (C=O) groups is 18. The van der Waals surface area contributed by atoms with Crippen molar-refractivity contribution in [3.8, 4) is 5.75 Å². The third kappa shape index (κ3) is 35.3. The molecule has 0 aliphatic carbocycles. The van der Waals surface area contributed by atoms with Crippen LogP contribution in [0.15, 0.2) is 85.2 Å². The summed E-state index contributed by atoms with van der Waals surface area (Å²) in [5.74, 6) is -17.6. The molecule has 3 saturated heterocycles. The Bertz CT molecular complexity index is 5270. The summed E-state index contributed by atoms with van der Waals surface area (Å²) in [6.07, 6.45) is 9.72. The summed E-state index contributed by atoms with van der Waals surface area (Å²) in [5.41, 5.74) is 20.7. The number of fused-ring (bicyclic) bond motifs is 4. The number of rotatable bonds is 37. The molecule has 3 aromatic carbocycles. The maximum atomic E-state index is 16.1. The lowest BCUT2D eigenvalue weighted by Crippen LogP contribution is -2.62. The van der Waals surface area contributed by atoms with Crippen LogP contribution in [0, 0.1) is 11.8 Å². The number of aromatic hydroxyl groups is 1. The number of aliphatic hydroxyl groups is 1. The second-order valence-electron chi connectivity index (χ2n) is 39.1. The number of nitrogens with two attached hydrogens (primary N) is 3. The van der Waals surface area contributed by atoms with Crippen molar-refractivity contribution in [3.05, 3.63) is 102 Å². The quantitative estimate of drug-likeness (QED) is 0.0254. The van der Waals surface area contributed by atoms with Crippen LogP contribution >= 0.6 is 11.8 Å². The first kappa shape index (κ1) is 117. The first-order chi connectivity index (χ1) is 69.1. The van der Waals surface area contributed by atoms with E-state index >= 15 is 38.4 Å². The molecule has 0 spiro atoms. The first-order valence-corrected chi connectivity index (χ1v) is 51.9. The number of benzene rings is 3. The van der Waals surface area contributed by atoms with Gasteiger partial charge >= 0.3 is 11.9 Å². The van der Waals surface area contributed by atoms with E-state index in [1.165, 1.54) is 68.0 Å². The van der Waals surface area contributed by atoms with Crippen LogP contribution in [0.1, 0.15) is 219 Å². The van der Waals surface area contributed by atoms with Gasteiger partial charge in [0.15, 0.2) is 0 Å². The van der Waals surface area contributed by atoms with Crippen LogP contribution in [0.3, 0.4) is 0 Å². The fourth-order valence-corrected chi connectivity index (χ4v) is 19.5. The van der Waals surface area contributed by atoms with E-state index in [9.17, 15) is 63.3 Å². The Labute approximate surface area is 850 Å². The number of thioether (sulfide) groups is 1. The van der Waals surface area contributed by atoms with E-state index in [-0.39, 0.29) is 120 Å². The molecule has 798 valence electrons. The third-order valence-corrected chi connectivity index (χ3v) is 27.8. The van der Waals surface area contributed by atoms with Crippen molar-refractivity contribution in [3.63, 3.8) is 0 Å². The van der Waals surface area contributed by atoms with Gasteiger partial charge in [-0.25, -0.2) is 0 Å². The highest BCUT2D eigenvalue weighted by Gasteiger charge is 2.47. The van der Waals surface area contributed by atoms with Gasteiger partial charge in [0.1, 0.15) is 96.9 Å². The number of amides is 16.